The van der Waals surface area contributed by atoms with Crippen LogP contribution in [0, 0.1) is 25.5 Å². The molecule has 8 heteroatoms. The van der Waals surface area contributed by atoms with Gasteiger partial charge in [0.1, 0.15) is 11.6 Å². The normalized spacial score (nSPS) is 12.8. The van der Waals surface area contributed by atoms with Crippen molar-refractivity contribution in [2.45, 2.75) is 52.3 Å². The van der Waals surface area contributed by atoms with Crippen LogP contribution in [0.4, 0.5) is 8.78 Å². The summed E-state index contributed by atoms with van der Waals surface area (Å²) in [6.45, 7) is 6.67. The van der Waals surface area contributed by atoms with Crippen LogP contribution in [0.3, 0.4) is 0 Å². The molecule has 6 nitrogen and oxygen atoms in total. The van der Waals surface area contributed by atoms with Gasteiger partial charge in [0.2, 0.25) is 0 Å². The van der Waals surface area contributed by atoms with Crippen molar-refractivity contribution in [1.82, 2.24) is 20.4 Å². The predicted octanol–water partition coefficient (Wildman–Crippen LogP) is 4.82. The number of halogens is 2. The largest absolute Gasteiger partial charge is 0.390 e. The number of hydrogen-bond acceptors (Lipinski definition) is 4. The second kappa shape index (κ2) is 12.8. The fourth-order valence-electron chi connectivity index (χ4n) is 4.63. The first-order valence-corrected chi connectivity index (χ1v) is 13.1. The van der Waals surface area contributed by atoms with E-state index in [-0.39, 0.29) is 13.0 Å². The van der Waals surface area contributed by atoms with Crippen LogP contribution in [0.5, 0.6) is 0 Å². The van der Waals surface area contributed by atoms with E-state index in [1.807, 2.05) is 32.0 Å². The third-order valence-electron chi connectivity index (χ3n) is 6.62. The van der Waals surface area contributed by atoms with E-state index in [1.54, 1.807) is 28.9 Å². The Balaban J connectivity index is 1.47. The second-order valence-corrected chi connectivity index (χ2v) is 9.82. The molecule has 0 radical (unpaired) electrons. The first-order chi connectivity index (χ1) is 18.7. The van der Waals surface area contributed by atoms with E-state index in [2.05, 4.69) is 34.8 Å². The van der Waals surface area contributed by atoms with Crippen molar-refractivity contribution in [2.75, 3.05) is 6.54 Å². The molecule has 0 aliphatic carbocycles. The summed E-state index contributed by atoms with van der Waals surface area (Å²) in [4.78, 5) is 13.2. The Hall–Kier alpha value is -3.88. The van der Waals surface area contributed by atoms with E-state index in [1.165, 1.54) is 17.7 Å². The van der Waals surface area contributed by atoms with Crippen LogP contribution in [0.2, 0.25) is 0 Å². The van der Waals surface area contributed by atoms with E-state index in [0.717, 1.165) is 35.1 Å². The third kappa shape index (κ3) is 7.59. The number of aliphatic hydroxyl groups is 1. The highest BCUT2D eigenvalue weighted by Crippen LogP contribution is 2.15. The fourth-order valence-corrected chi connectivity index (χ4v) is 4.63. The molecule has 0 fully saturated rings. The van der Waals surface area contributed by atoms with Gasteiger partial charge in [-0.15, -0.1) is 0 Å². The third-order valence-corrected chi connectivity index (χ3v) is 6.62. The lowest BCUT2D eigenvalue weighted by Gasteiger charge is -2.25. The molecule has 4 rings (SSSR count). The number of rotatable bonds is 11. The summed E-state index contributed by atoms with van der Waals surface area (Å²) < 4.78 is 29.5. The zero-order chi connectivity index (χ0) is 27.9. The minimum absolute atomic E-state index is 0.0540. The first kappa shape index (κ1) is 28.1. The second-order valence-electron chi connectivity index (χ2n) is 9.82. The Morgan fingerprint density at radius 3 is 2.28 bits per heavy atom. The molecule has 204 valence electrons. The molecule has 4 aromatic rings. The lowest BCUT2D eigenvalue weighted by atomic mass is 10.00. The molecule has 3 aromatic carbocycles. The zero-order valence-electron chi connectivity index (χ0n) is 22.4. The SMILES string of the molecule is CCc1cccc(CNC[C@@H](O)[C@H](Cc2cc(F)cc(F)c2)NC(=O)c2ccc(-n3nc(C)cc3C)cc2)c1. The lowest BCUT2D eigenvalue weighted by molar-refractivity contribution is 0.0830. The summed E-state index contributed by atoms with van der Waals surface area (Å²) in [5, 5.41) is 21.6. The van der Waals surface area contributed by atoms with Crippen molar-refractivity contribution < 1.29 is 18.7 Å². The monoisotopic (exact) mass is 532 g/mol. The highest BCUT2D eigenvalue weighted by Gasteiger charge is 2.23. The Kier molecular flexibility index (Phi) is 9.22. The van der Waals surface area contributed by atoms with Crippen LogP contribution in [-0.2, 0) is 19.4 Å². The summed E-state index contributed by atoms with van der Waals surface area (Å²) in [7, 11) is 0. The molecule has 0 aliphatic rings. The van der Waals surface area contributed by atoms with Crippen LogP contribution >= 0.6 is 0 Å². The number of aromatic nitrogens is 2. The van der Waals surface area contributed by atoms with Crippen molar-refractivity contribution in [3.63, 3.8) is 0 Å². The van der Waals surface area contributed by atoms with Crippen LogP contribution in [0.15, 0.2) is 72.8 Å². The highest BCUT2D eigenvalue weighted by atomic mass is 19.1. The Labute approximate surface area is 227 Å². The van der Waals surface area contributed by atoms with Crippen LogP contribution in [0.1, 0.15) is 45.4 Å². The molecule has 0 unspecified atom stereocenters. The Morgan fingerprint density at radius 1 is 0.949 bits per heavy atom. The van der Waals surface area contributed by atoms with Crippen molar-refractivity contribution >= 4 is 5.91 Å². The minimum atomic E-state index is -1.01. The van der Waals surface area contributed by atoms with Gasteiger partial charge in [0, 0.05) is 30.4 Å². The van der Waals surface area contributed by atoms with Crippen molar-refractivity contribution in [3.05, 3.63) is 118 Å². The van der Waals surface area contributed by atoms with Crippen LogP contribution < -0.4 is 10.6 Å². The summed E-state index contributed by atoms with van der Waals surface area (Å²) in [5.41, 5.74) is 5.73. The summed E-state index contributed by atoms with van der Waals surface area (Å²) >= 11 is 0. The fraction of sp³-hybridized carbons (Fsp3) is 0.290. The number of nitrogens with zero attached hydrogens (tertiary/aromatic N) is 2. The van der Waals surface area contributed by atoms with E-state index in [4.69, 9.17) is 0 Å². The van der Waals surface area contributed by atoms with Gasteiger partial charge in [-0.2, -0.15) is 5.10 Å². The number of amides is 1. The highest BCUT2D eigenvalue weighted by molar-refractivity contribution is 5.94. The number of nitrogens with one attached hydrogen (secondary N) is 2. The number of carbonyl (C=O) groups excluding carboxylic acids is 1. The van der Waals surface area contributed by atoms with Gasteiger partial charge in [-0.1, -0.05) is 31.2 Å². The maximum absolute atomic E-state index is 13.9. The molecule has 39 heavy (non-hydrogen) atoms. The molecule has 0 saturated heterocycles. The summed E-state index contributed by atoms with van der Waals surface area (Å²) in [6.07, 6.45) is -0.0290. The van der Waals surface area contributed by atoms with Gasteiger partial charge >= 0.3 is 0 Å². The van der Waals surface area contributed by atoms with E-state index in [9.17, 15) is 18.7 Å². The van der Waals surface area contributed by atoms with Gasteiger partial charge in [-0.25, -0.2) is 13.5 Å². The molecular formula is C31H34F2N4O2. The molecule has 1 aromatic heterocycles. The van der Waals surface area contributed by atoms with Crippen molar-refractivity contribution in [1.29, 1.82) is 0 Å². The number of benzene rings is 3. The maximum atomic E-state index is 13.9. The molecule has 1 heterocycles. The number of hydrogen-bond donors (Lipinski definition) is 3. The molecule has 3 N–H and O–H groups in total. The maximum Gasteiger partial charge on any atom is 0.251 e. The zero-order valence-corrected chi connectivity index (χ0v) is 22.4. The van der Waals surface area contributed by atoms with Crippen molar-refractivity contribution in [2.24, 2.45) is 0 Å². The van der Waals surface area contributed by atoms with Gasteiger partial charge < -0.3 is 15.7 Å². The first-order valence-electron chi connectivity index (χ1n) is 13.1. The van der Waals surface area contributed by atoms with E-state index in [0.29, 0.717) is 17.7 Å². The van der Waals surface area contributed by atoms with Crippen LogP contribution in [-0.4, -0.2) is 39.5 Å². The van der Waals surface area contributed by atoms with E-state index < -0.39 is 29.7 Å². The average molecular weight is 533 g/mol. The molecule has 2 atom stereocenters. The average Bonchev–Trinajstić information content (AvgIpc) is 3.25. The summed E-state index contributed by atoms with van der Waals surface area (Å²) in [6, 6.07) is 19.5. The van der Waals surface area contributed by atoms with Crippen LogP contribution in [0.25, 0.3) is 5.69 Å². The Bertz CT molecular complexity index is 1400. The van der Waals surface area contributed by atoms with Gasteiger partial charge in [-0.05, 0) is 85.8 Å². The smallest absolute Gasteiger partial charge is 0.251 e. The predicted molar refractivity (Wildman–Crippen MR) is 148 cm³/mol. The number of aryl methyl sites for hydroxylation is 3. The van der Waals surface area contributed by atoms with Gasteiger partial charge in [0.15, 0.2) is 0 Å². The number of aliphatic hydroxyl groups excluding tert-OH is 1. The van der Waals surface area contributed by atoms with Gasteiger partial charge in [0.25, 0.3) is 5.91 Å². The molecule has 0 aliphatic heterocycles. The minimum Gasteiger partial charge on any atom is -0.390 e. The standard InChI is InChI=1S/C31H34F2N4O2/c1-4-22-6-5-7-23(13-22)18-34-19-30(38)29(16-24-14-26(32)17-27(33)15-24)35-31(39)25-8-10-28(11-9-25)37-21(3)12-20(2)36-37/h5-15,17,29-30,34,38H,4,16,18-19H2,1-3H3,(H,35,39)/t29-,30+/m0/s1. The van der Waals surface area contributed by atoms with Crippen molar-refractivity contribution in [3.8, 4) is 5.69 Å². The molecule has 0 spiro atoms. The molecule has 0 saturated carbocycles. The molecule has 0 bridgehead atoms. The topological polar surface area (TPSA) is 79.2 Å². The molecule has 1 amide bonds. The Morgan fingerprint density at radius 2 is 1.64 bits per heavy atom. The lowest BCUT2D eigenvalue weighted by Crippen LogP contribution is -2.48. The quantitative estimate of drug-likeness (QED) is 0.259. The van der Waals surface area contributed by atoms with E-state index >= 15 is 0 Å². The number of carbonyl (C=O) groups is 1. The molecular weight excluding hydrogens is 498 g/mol. The van der Waals surface area contributed by atoms with Gasteiger partial charge in [-0.3, -0.25) is 4.79 Å². The summed E-state index contributed by atoms with van der Waals surface area (Å²) in [5.74, 6) is -1.82. The van der Waals surface area contributed by atoms with Gasteiger partial charge in [0.05, 0.1) is 23.5 Å².